The maximum atomic E-state index is 12.4. The molecule has 0 saturated carbocycles. The van der Waals surface area contributed by atoms with Crippen molar-refractivity contribution in [3.05, 3.63) is 70.8 Å². The molecule has 2 aromatic carbocycles. The van der Waals surface area contributed by atoms with Crippen molar-refractivity contribution < 1.29 is 13.6 Å². The topological polar surface area (TPSA) is 45.4 Å². The Hall–Kier alpha value is -2.74. The molecule has 0 fully saturated rings. The van der Waals surface area contributed by atoms with Gasteiger partial charge in [-0.25, -0.2) is 8.78 Å². The maximum absolute atomic E-state index is 12.4. The van der Waals surface area contributed by atoms with Crippen LogP contribution in [0.15, 0.2) is 53.7 Å². The average molecular weight is 285 g/mol. The van der Waals surface area contributed by atoms with Crippen LogP contribution in [0.1, 0.15) is 28.7 Å². The van der Waals surface area contributed by atoms with Crippen molar-refractivity contribution in [1.82, 2.24) is 0 Å². The van der Waals surface area contributed by atoms with Crippen LogP contribution in [-0.4, -0.2) is 6.21 Å². The Morgan fingerprint density at radius 1 is 1.10 bits per heavy atom. The number of alkyl halides is 2. The summed E-state index contributed by atoms with van der Waals surface area (Å²) in [5.41, 5.74) is 1.85. The first-order valence-corrected chi connectivity index (χ1v) is 6.14. The number of nitriles is 1. The summed E-state index contributed by atoms with van der Waals surface area (Å²) >= 11 is 0. The molecule has 1 radical (unpaired) electrons. The van der Waals surface area contributed by atoms with Crippen molar-refractivity contribution >= 4 is 6.21 Å². The van der Waals surface area contributed by atoms with E-state index < -0.39 is 6.43 Å². The summed E-state index contributed by atoms with van der Waals surface area (Å²) in [5.74, 6) is 0. The van der Waals surface area contributed by atoms with Crippen molar-refractivity contribution in [3.63, 3.8) is 0 Å². The lowest BCUT2D eigenvalue weighted by molar-refractivity contribution is 0.131. The van der Waals surface area contributed by atoms with Gasteiger partial charge in [-0.15, -0.1) is 0 Å². The van der Waals surface area contributed by atoms with E-state index in [1.54, 1.807) is 36.4 Å². The van der Waals surface area contributed by atoms with Crippen molar-refractivity contribution in [2.24, 2.45) is 5.16 Å². The molecule has 0 amide bonds. The number of halogens is 2. The lowest BCUT2D eigenvalue weighted by Gasteiger charge is -2.02. The Bertz CT molecular complexity index is 661. The van der Waals surface area contributed by atoms with E-state index in [1.807, 2.05) is 6.07 Å². The molecule has 0 heterocycles. The fourth-order valence-corrected chi connectivity index (χ4v) is 1.61. The fraction of sp³-hybridized carbons (Fsp3) is 0.125. The molecule has 0 saturated heterocycles. The minimum Gasteiger partial charge on any atom is -0.390 e. The zero-order valence-electron chi connectivity index (χ0n) is 11.0. The zero-order valence-corrected chi connectivity index (χ0v) is 11.0. The first-order chi connectivity index (χ1) is 10.2. The molecular weight excluding hydrogens is 274 g/mol. The highest BCUT2D eigenvalue weighted by atomic mass is 19.3. The van der Waals surface area contributed by atoms with Gasteiger partial charge in [0.25, 0.3) is 6.43 Å². The molecule has 105 valence electrons. The zero-order chi connectivity index (χ0) is 15.1. The number of hydrogen-bond donors (Lipinski definition) is 0. The van der Waals surface area contributed by atoms with Crippen LogP contribution in [0.2, 0.25) is 0 Å². The van der Waals surface area contributed by atoms with Gasteiger partial charge in [0.2, 0.25) is 0 Å². The molecule has 0 bridgehead atoms. The molecule has 0 unspecified atom stereocenters. The van der Waals surface area contributed by atoms with Crippen LogP contribution < -0.4 is 0 Å². The monoisotopic (exact) mass is 285 g/mol. The molecule has 3 nitrogen and oxygen atoms in total. The minimum absolute atomic E-state index is 0.0258. The van der Waals surface area contributed by atoms with Gasteiger partial charge in [-0.2, -0.15) is 5.26 Å². The van der Waals surface area contributed by atoms with Gasteiger partial charge >= 0.3 is 0 Å². The van der Waals surface area contributed by atoms with Gasteiger partial charge in [-0.1, -0.05) is 41.6 Å². The van der Waals surface area contributed by atoms with Gasteiger partial charge < -0.3 is 4.84 Å². The maximum Gasteiger partial charge on any atom is 0.263 e. The molecule has 0 atom stereocenters. The predicted octanol–water partition coefficient (Wildman–Crippen LogP) is 3.92. The SMILES string of the molecule is N#Cc1cccc(/[C]=N\OCc2ccc(C(F)F)cc2)c1. The molecule has 2 aromatic rings. The standard InChI is InChI=1S/C16H11F2N2O/c17-16(18)15-6-4-12(5-7-15)11-21-20-10-14-3-1-2-13(8-14)9-19/h1-8,16H,11H2. The van der Waals surface area contributed by atoms with Crippen molar-refractivity contribution in [3.8, 4) is 6.07 Å². The van der Waals surface area contributed by atoms with Gasteiger partial charge in [-0.3, -0.25) is 0 Å². The molecule has 2 rings (SSSR count). The Labute approximate surface area is 121 Å². The third kappa shape index (κ3) is 4.39. The van der Waals surface area contributed by atoms with Crippen LogP contribution in [0.5, 0.6) is 0 Å². The van der Waals surface area contributed by atoms with E-state index in [-0.39, 0.29) is 12.2 Å². The molecule has 0 aromatic heterocycles. The van der Waals surface area contributed by atoms with Gasteiger partial charge in [0, 0.05) is 11.1 Å². The van der Waals surface area contributed by atoms with E-state index in [2.05, 4.69) is 11.4 Å². The quantitative estimate of drug-likeness (QED) is 0.617. The summed E-state index contributed by atoms with van der Waals surface area (Å²) in [6, 6.07) is 14.6. The largest absolute Gasteiger partial charge is 0.390 e. The van der Waals surface area contributed by atoms with Crippen LogP contribution in [0, 0.1) is 11.3 Å². The van der Waals surface area contributed by atoms with E-state index in [1.165, 1.54) is 12.1 Å². The number of nitrogens with zero attached hydrogens (tertiary/aromatic N) is 2. The lowest BCUT2D eigenvalue weighted by atomic mass is 10.1. The summed E-state index contributed by atoms with van der Waals surface area (Å²) < 4.78 is 24.7. The van der Waals surface area contributed by atoms with Crippen molar-refractivity contribution in [2.45, 2.75) is 13.0 Å². The molecule has 0 aliphatic heterocycles. The summed E-state index contributed by atoms with van der Waals surface area (Å²) in [6.45, 7) is 0.161. The van der Waals surface area contributed by atoms with Crippen LogP contribution >= 0.6 is 0 Å². The normalized spacial score (nSPS) is 10.8. The smallest absolute Gasteiger partial charge is 0.263 e. The molecular formula is C16H11F2N2O. The average Bonchev–Trinajstić information content (AvgIpc) is 2.52. The van der Waals surface area contributed by atoms with E-state index in [0.717, 1.165) is 5.56 Å². The van der Waals surface area contributed by atoms with E-state index in [4.69, 9.17) is 10.1 Å². The van der Waals surface area contributed by atoms with Crippen LogP contribution in [0.3, 0.4) is 0 Å². The van der Waals surface area contributed by atoms with Crippen LogP contribution in [0.4, 0.5) is 8.78 Å². The first-order valence-electron chi connectivity index (χ1n) is 6.14. The molecule has 5 heteroatoms. The van der Waals surface area contributed by atoms with E-state index in [9.17, 15) is 8.78 Å². The predicted molar refractivity (Wildman–Crippen MR) is 73.9 cm³/mol. The highest BCUT2D eigenvalue weighted by Crippen LogP contribution is 2.18. The third-order valence-electron chi connectivity index (χ3n) is 2.69. The van der Waals surface area contributed by atoms with Crippen LogP contribution in [0.25, 0.3) is 0 Å². The summed E-state index contributed by atoms with van der Waals surface area (Å²) in [5, 5.41) is 12.4. The van der Waals surface area contributed by atoms with Crippen LogP contribution in [-0.2, 0) is 11.4 Å². The third-order valence-corrected chi connectivity index (χ3v) is 2.69. The van der Waals surface area contributed by atoms with Gasteiger partial charge in [0.05, 0.1) is 11.6 Å². The van der Waals surface area contributed by atoms with E-state index in [0.29, 0.717) is 11.1 Å². The summed E-state index contributed by atoms with van der Waals surface area (Å²) in [4.78, 5) is 5.04. The van der Waals surface area contributed by atoms with Crippen molar-refractivity contribution in [2.75, 3.05) is 0 Å². The Morgan fingerprint density at radius 3 is 2.48 bits per heavy atom. The summed E-state index contributed by atoms with van der Waals surface area (Å²) in [7, 11) is 0. The van der Waals surface area contributed by atoms with Crippen molar-refractivity contribution in [1.29, 1.82) is 5.26 Å². The van der Waals surface area contributed by atoms with E-state index >= 15 is 0 Å². The number of rotatable bonds is 5. The second-order valence-corrected chi connectivity index (χ2v) is 4.21. The van der Waals surface area contributed by atoms with Gasteiger partial charge in [-0.05, 0) is 17.7 Å². The van der Waals surface area contributed by atoms with Gasteiger partial charge in [0.1, 0.15) is 12.8 Å². The second-order valence-electron chi connectivity index (χ2n) is 4.21. The van der Waals surface area contributed by atoms with Gasteiger partial charge in [0.15, 0.2) is 0 Å². The Morgan fingerprint density at radius 2 is 1.81 bits per heavy atom. The highest BCUT2D eigenvalue weighted by Gasteiger charge is 2.05. The number of benzene rings is 2. The first kappa shape index (κ1) is 14.7. The minimum atomic E-state index is -2.47. The number of hydrogen-bond acceptors (Lipinski definition) is 3. The lowest BCUT2D eigenvalue weighted by Crippen LogP contribution is -1.90. The molecule has 0 aliphatic carbocycles. The molecule has 0 N–H and O–H groups in total. The Kier molecular flexibility index (Phi) is 4.99. The fourth-order valence-electron chi connectivity index (χ4n) is 1.61. The highest BCUT2D eigenvalue weighted by molar-refractivity contribution is 5.79. The molecule has 0 spiro atoms. The summed E-state index contributed by atoms with van der Waals surface area (Å²) in [6.07, 6.45) is 0.177. The molecule has 0 aliphatic rings. The second kappa shape index (κ2) is 7.15. The molecule has 21 heavy (non-hydrogen) atoms. The Balaban J connectivity index is 1.88.